The first-order chi connectivity index (χ1) is 6.82. The van der Waals surface area contributed by atoms with E-state index in [0.717, 1.165) is 24.3 Å². The zero-order valence-electron chi connectivity index (χ0n) is 8.82. The summed E-state index contributed by atoms with van der Waals surface area (Å²) in [5, 5.41) is 15.4. The average molecular weight is 272 g/mol. The van der Waals surface area contributed by atoms with Crippen LogP contribution in [0.15, 0.2) is 24.3 Å². The maximum atomic E-state index is 10.7. The summed E-state index contributed by atoms with van der Waals surface area (Å²) in [5.41, 5.74) is -0.185. The van der Waals surface area contributed by atoms with Crippen molar-refractivity contribution in [2.24, 2.45) is 0 Å². The number of hydrogen-bond acceptors (Lipinski definition) is 5. The van der Waals surface area contributed by atoms with Gasteiger partial charge in [-0.2, -0.15) is 0 Å². The first-order valence-corrected chi connectivity index (χ1v) is 5.26. The molecule has 0 aliphatic rings. The Morgan fingerprint density at radius 3 is 1.94 bits per heavy atom. The Morgan fingerprint density at radius 1 is 1.24 bits per heavy atom. The van der Waals surface area contributed by atoms with E-state index in [1.165, 1.54) is 0 Å². The summed E-state index contributed by atoms with van der Waals surface area (Å²) in [6.45, 7) is 0. The van der Waals surface area contributed by atoms with E-state index in [0.29, 0.717) is 0 Å². The molecule has 4 N–H and O–H groups in total. The average Bonchev–Trinajstić information content (AvgIpc) is 2.05. The SMILES string of the molecule is O.O=C(O)C(c1ccc(O)cc1)S(=O)(=O)[O-].[Na+]. The first kappa shape index (κ1) is 18.7. The van der Waals surface area contributed by atoms with Gasteiger partial charge in [-0.3, -0.25) is 4.79 Å². The second kappa shape index (κ2) is 6.94. The molecule has 0 saturated carbocycles. The number of phenolic OH excluding ortho intramolecular Hbond substituents is 1. The molecule has 0 amide bonds. The largest absolute Gasteiger partial charge is 1.00 e. The van der Waals surface area contributed by atoms with Crippen molar-refractivity contribution in [2.75, 3.05) is 0 Å². The van der Waals surface area contributed by atoms with E-state index in [2.05, 4.69) is 0 Å². The molecule has 1 rings (SSSR count). The Hall–Kier alpha value is -0.640. The van der Waals surface area contributed by atoms with Gasteiger partial charge in [0, 0.05) is 0 Å². The van der Waals surface area contributed by atoms with Crippen molar-refractivity contribution in [3.05, 3.63) is 29.8 Å². The van der Waals surface area contributed by atoms with Crippen LogP contribution in [-0.4, -0.2) is 34.6 Å². The first-order valence-electron chi connectivity index (χ1n) is 3.79. The molecule has 7 nitrogen and oxygen atoms in total. The van der Waals surface area contributed by atoms with Gasteiger partial charge in [-0.05, 0) is 17.7 Å². The molecule has 0 aliphatic heterocycles. The van der Waals surface area contributed by atoms with Gasteiger partial charge in [0.2, 0.25) is 0 Å². The zero-order valence-corrected chi connectivity index (χ0v) is 11.6. The summed E-state index contributed by atoms with van der Waals surface area (Å²) < 4.78 is 32.0. The molecule has 0 spiro atoms. The maximum Gasteiger partial charge on any atom is 1.00 e. The second-order valence-electron chi connectivity index (χ2n) is 2.80. The number of carboxylic acids is 1. The Morgan fingerprint density at radius 2 is 1.65 bits per heavy atom. The fourth-order valence-corrected chi connectivity index (χ4v) is 1.82. The number of carbonyl (C=O) groups is 1. The third kappa shape index (κ3) is 5.02. The summed E-state index contributed by atoms with van der Waals surface area (Å²) in [6, 6.07) is 4.36. The Balaban J connectivity index is 0. The van der Waals surface area contributed by atoms with E-state index in [-0.39, 0.29) is 46.3 Å². The predicted molar refractivity (Wildman–Crippen MR) is 51.8 cm³/mol. The molecule has 1 aromatic rings. The van der Waals surface area contributed by atoms with Gasteiger partial charge in [-0.25, -0.2) is 8.42 Å². The van der Waals surface area contributed by atoms with Crippen LogP contribution in [0.5, 0.6) is 5.75 Å². The minimum Gasteiger partial charge on any atom is -0.747 e. The van der Waals surface area contributed by atoms with Gasteiger partial charge in [-0.1, -0.05) is 12.1 Å². The zero-order chi connectivity index (χ0) is 11.6. The summed E-state index contributed by atoms with van der Waals surface area (Å²) in [6.07, 6.45) is 0. The molecule has 0 heterocycles. The molecule has 1 aromatic carbocycles. The third-order valence-corrected chi connectivity index (χ3v) is 2.76. The van der Waals surface area contributed by atoms with Crippen LogP contribution in [0, 0.1) is 0 Å². The van der Waals surface area contributed by atoms with Crippen LogP contribution in [-0.2, 0) is 14.9 Å². The van der Waals surface area contributed by atoms with Crippen molar-refractivity contribution in [2.45, 2.75) is 5.25 Å². The molecule has 17 heavy (non-hydrogen) atoms. The summed E-state index contributed by atoms with van der Waals surface area (Å²) in [4.78, 5) is 10.6. The van der Waals surface area contributed by atoms with E-state index in [1.807, 2.05) is 0 Å². The monoisotopic (exact) mass is 272 g/mol. The topological polar surface area (TPSA) is 146 Å². The molecule has 1 unspecified atom stereocenters. The Bertz CT molecular complexity index is 467. The summed E-state index contributed by atoms with van der Waals surface area (Å²) in [5.74, 6) is -1.89. The number of aromatic hydroxyl groups is 1. The minimum atomic E-state index is -4.96. The Kier molecular flexibility index (Phi) is 7.64. The summed E-state index contributed by atoms with van der Waals surface area (Å²) >= 11 is 0. The van der Waals surface area contributed by atoms with Crippen LogP contribution in [0.25, 0.3) is 0 Å². The van der Waals surface area contributed by atoms with Gasteiger partial charge in [0.25, 0.3) is 0 Å². The number of rotatable bonds is 3. The van der Waals surface area contributed by atoms with Crippen LogP contribution < -0.4 is 29.6 Å². The van der Waals surface area contributed by atoms with Crippen LogP contribution in [0.1, 0.15) is 10.8 Å². The molecule has 0 radical (unpaired) electrons. The number of benzene rings is 1. The molecule has 9 heteroatoms. The standard InChI is InChI=1S/C8H8O6S.Na.H2O/c9-6-3-1-5(2-4-6)7(8(10)11)15(12,13)14;;/h1-4,7,9H,(H,10,11)(H,12,13,14);;1H2/q;+1;/p-1. The normalized spacial score (nSPS) is 11.8. The van der Waals surface area contributed by atoms with Gasteiger partial charge in [0.15, 0.2) is 5.25 Å². The van der Waals surface area contributed by atoms with Crippen LogP contribution >= 0.6 is 0 Å². The van der Waals surface area contributed by atoms with Gasteiger partial charge in [0.05, 0.1) is 0 Å². The van der Waals surface area contributed by atoms with Crippen molar-refractivity contribution in [1.82, 2.24) is 0 Å². The van der Waals surface area contributed by atoms with E-state index < -0.39 is 21.3 Å². The molecular formula is C8H9NaO7S. The molecular weight excluding hydrogens is 263 g/mol. The van der Waals surface area contributed by atoms with Gasteiger partial charge < -0.3 is 20.2 Å². The second-order valence-corrected chi connectivity index (χ2v) is 4.26. The van der Waals surface area contributed by atoms with E-state index in [1.54, 1.807) is 0 Å². The quantitative estimate of drug-likeness (QED) is 0.426. The van der Waals surface area contributed by atoms with E-state index >= 15 is 0 Å². The molecule has 1 atom stereocenters. The van der Waals surface area contributed by atoms with Crippen molar-refractivity contribution in [1.29, 1.82) is 0 Å². The molecule has 0 aliphatic carbocycles. The maximum absolute atomic E-state index is 10.7. The number of phenols is 1. The van der Waals surface area contributed by atoms with Gasteiger partial charge >= 0.3 is 35.5 Å². The molecule has 90 valence electrons. The van der Waals surface area contributed by atoms with E-state index in [4.69, 9.17) is 10.2 Å². The van der Waals surface area contributed by atoms with Crippen LogP contribution in [0.4, 0.5) is 0 Å². The minimum absolute atomic E-state index is 0. The number of aliphatic carboxylic acids is 1. The van der Waals surface area contributed by atoms with Crippen molar-refractivity contribution in [3.63, 3.8) is 0 Å². The van der Waals surface area contributed by atoms with Gasteiger partial charge in [-0.15, -0.1) is 0 Å². The van der Waals surface area contributed by atoms with Crippen molar-refractivity contribution < 1.29 is 63.0 Å². The molecule has 0 bridgehead atoms. The van der Waals surface area contributed by atoms with Crippen LogP contribution in [0.2, 0.25) is 0 Å². The third-order valence-electron chi connectivity index (χ3n) is 1.71. The molecule has 0 saturated heterocycles. The summed E-state index contributed by atoms with van der Waals surface area (Å²) in [7, 11) is -4.96. The van der Waals surface area contributed by atoms with Crippen molar-refractivity contribution in [3.8, 4) is 5.75 Å². The van der Waals surface area contributed by atoms with Crippen molar-refractivity contribution >= 4 is 16.1 Å². The molecule has 0 aromatic heterocycles. The molecule has 0 fully saturated rings. The predicted octanol–water partition coefficient (Wildman–Crippen LogP) is -3.76. The van der Waals surface area contributed by atoms with Gasteiger partial charge in [0.1, 0.15) is 15.9 Å². The van der Waals surface area contributed by atoms with E-state index in [9.17, 15) is 17.8 Å². The van der Waals surface area contributed by atoms with Crippen LogP contribution in [0.3, 0.4) is 0 Å². The fourth-order valence-electron chi connectivity index (χ4n) is 1.08. The number of carboxylic acid groups (broad SMARTS) is 1. The number of hydrogen-bond donors (Lipinski definition) is 2. The Labute approximate surface area is 119 Å². The fraction of sp³-hybridized carbons (Fsp3) is 0.125. The smallest absolute Gasteiger partial charge is 0.747 e.